The molecule has 0 aliphatic carbocycles. The number of carbonyl (C=O) groups excluding carboxylic acids is 2. The minimum absolute atomic E-state index is 0.167. The van der Waals surface area contributed by atoms with E-state index in [1.54, 1.807) is 6.92 Å². The van der Waals surface area contributed by atoms with E-state index in [1.807, 2.05) is 29.5 Å². The maximum absolute atomic E-state index is 11.8. The normalized spacial score (nSPS) is 10.3. The number of halogens is 1. The van der Waals surface area contributed by atoms with Crippen LogP contribution >= 0.6 is 22.6 Å². The lowest BCUT2D eigenvalue weighted by molar-refractivity contribution is -0.137. The van der Waals surface area contributed by atoms with Crippen LogP contribution in [0.2, 0.25) is 0 Å². The van der Waals surface area contributed by atoms with Crippen LogP contribution in [0.4, 0.5) is 0 Å². The number of esters is 1. The molecule has 7 heteroatoms. The molecule has 1 aromatic rings. The second kappa shape index (κ2) is 6.70. The fraction of sp³-hybridized carbons (Fsp3) is 0.500. The molecule has 0 radical (unpaired) electrons. The Bertz CT molecular complexity index is 416. The first-order valence-corrected chi connectivity index (χ1v) is 6.19. The summed E-state index contributed by atoms with van der Waals surface area (Å²) in [4.78, 5) is 27.1. The van der Waals surface area contributed by atoms with Gasteiger partial charge in [0.1, 0.15) is 16.1 Å². The molecule has 17 heavy (non-hydrogen) atoms. The molecule has 1 aromatic heterocycles. The average molecular weight is 352 g/mol. The molecule has 0 fully saturated rings. The van der Waals surface area contributed by atoms with Crippen molar-refractivity contribution in [1.82, 2.24) is 9.55 Å². The van der Waals surface area contributed by atoms with Gasteiger partial charge in [0, 0.05) is 6.61 Å². The molecule has 0 N–H and O–H groups in total. The minimum Gasteiger partial charge on any atom is -0.460 e. The smallest absolute Gasteiger partial charge is 0.381 e. The topological polar surface area (TPSA) is 70.4 Å². The maximum atomic E-state index is 11.8. The zero-order valence-electron chi connectivity index (χ0n) is 9.60. The zero-order valence-corrected chi connectivity index (χ0v) is 11.8. The van der Waals surface area contributed by atoms with Crippen molar-refractivity contribution in [3.05, 3.63) is 15.7 Å². The lowest BCUT2D eigenvalue weighted by atomic mass is 10.3. The lowest BCUT2D eigenvalue weighted by Gasteiger charge is -2.07. The highest BCUT2D eigenvalue weighted by atomic mass is 127. The first-order valence-electron chi connectivity index (χ1n) is 5.11. The van der Waals surface area contributed by atoms with Crippen molar-refractivity contribution in [3.8, 4) is 0 Å². The number of ketones is 1. The van der Waals surface area contributed by atoms with Crippen molar-refractivity contribution in [1.29, 1.82) is 0 Å². The predicted molar refractivity (Wildman–Crippen MR) is 67.5 cm³/mol. The largest absolute Gasteiger partial charge is 0.460 e. The molecule has 0 aromatic carbocycles. The number of aromatic nitrogens is 2. The van der Waals surface area contributed by atoms with Crippen LogP contribution < -0.4 is 0 Å². The van der Waals surface area contributed by atoms with Crippen LogP contribution in [0.5, 0.6) is 0 Å². The van der Waals surface area contributed by atoms with Gasteiger partial charge in [-0.25, -0.2) is 9.78 Å². The Kier molecular flexibility index (Phi) is 5.56. The van der Waals surface area contributed by atoms with Gasteiger partial charge >= 0.3 is 5.97 Å². The maximum Gasteiger partial charge on any atom is 0.381 e. The van der Waals surface area contributed by atoms with Gasteiger partial charge in [-0.2, -0.15) is 0 Å². The first-order chi connectivity index (χ1) is 8.11. The van der Waals surface area contributed by atoms with Crippen LogP contribution in [-0.4, -0.2) is 34.5 Å². The fourth-order valence-corrected chi connectivity index (χ4v) is 1.84. The third kappa shape index (κ3) is 3.50. The van der Waals surface area contributed by atoms with Gasteiger partial charge in [0.25, 0.3) is 5.78 Å². The highest BCUT2D eigenvalue weighted by molar-refractivity contribution is 14.1. The number of ether oxygens (including phenoxy) is 2. The Labute approximate surface area is 112 Å². The van der Waals surface area contributed by atoms with E-state index in [0.717, 1.165) is 0 Å². The van der Waals surface area contributed by atoms with Gasteiger partial charge in [-0.1, -0.05) is 0 Å². The summed E-state index contributed by atoms with van der Waals surface area (Å²) in [6.07, 6.45) is 1.46. The molecule has 0 bridgehead atoms. The summed E-state index contributed by atoms with van der Waals surface area (Å²) in [5, 5.41) is 0. The summed E-state index contributed by atoms with van der Waals surface area (Å²) < 4.78 is 11.8. The van der Waals surface area contributed by atoms with Crippen molar-refractivity contribution < 1.29 is 19.1 Å². The van der Waals surface area contributed by atoms with E-state index in [-0.39, 0.29) is 19.0 Å². The molecule has 1 heterocycles. The van der Waals surface area contributed by atoms with E-state index in [2.05, 4.69) is 9.72 Å². The average Bonchev–Trinajstić information content (AvgIpc) is 2.67. The zero-order chi connectivity index (χ0) is 12.8. The lowest BCUT2D eigenvalue weighted by Crippen LogP contribution is -2.22. The number of hydrogen-bond acceptors (Lipinski definition) is 5. The molecular weight excluding hydrogens is 339 g/mol. The molecule has 0 amide bonds. The van der Waals surface area contributed by atoms with Gasteiger partial charge in [-0.3, -0.25) is 4.79 Å². The summed E-state index contributed by atoms with van der Waals surface area (Å²) in [6.45, 7) is 4.36. The van der Waals surface area contributed by atoms with Crippen LogP contribution in [0.25, 0.3) is 0 Å². The quantitative estimate of drug-likeness (QED) is 0.333. The second-order valence-corrected chi connectivity index (χ2v) is 4.05. The van der Waals surface area contributed by atoms with Crippen molar-refractivity contribution in [2.75, 3.05) is 13.2 Å². The van der Waals surface area contributed by atoms with Crippen LogP contribution in [0.15, 0.2) is 6.33 Å². The van der Waals surface area contributed by atoms with Gasteiger partial charge in [0.05, 0.1) is 12.9 Å². The standard InChI is InChI=1S/C10H13IN2O4/c1-3-16-6-13-5-12-9(11)7(13)8(14)10(15)17-4-2/h5H,3-4,6H2,1-2H3. The number of Topliss-reactive ketones (excluding diaryl/α,β-unsaturated/α-hetero) is 1. The van der Waals surface area contributed by atoms with E-state index in [0.29, 0.717) is 10.3 Å². The highest BCUT2D eigenvalue weighted by Gasteiger charge is 2.25. The Morgan fingerprint density at radius 1 is 1.41 bits per heavy atom. The van der Waals surface area contributed by atoms with Crippen LogP contribution in [0.1, 0.15) is 24.3 Å². The third-order valence-corrected chi connectivity index (χ3v) is 2.69. The number of imidazole rings is 1. The molecule has 0 aliphatic rings. The monoisotopic (exact) mass is 352 g/mol. The van der Waals surface area contributed by atoms with Gasteiger partial charge in [0.2, 0.25) is 0 Å². The molecule has 0 saturated heterocycles. The van der Waals surface area contributed by atoms with Crippen molar-refractivity contribution in [2.24, 2.45) is 0 Å². The highest BCUT2D eigenvalue weighted by Crippen LogP contribution is 2.12. The molecule has 0 unspecified atom stereocenters. The molecule has 6 nitrogen and oxygen atoms in total. The van der Waals surface area contributed by atoms with Crippen molar-refractivity contribution in [3.63, 3.8) is 0 Å². The van der Waals surface area contributed by atoms with E-state index < -0.39 is 11.8 Å². The molecular formula is C10H13IN2O4. The first kappa shape index (κ1) is 14.1. The SMILES string of the molecule is CCOCn1cnc(I)c1C(=O)C(=O)OCC. The third-order valence-electron chi connectivity index (χ3n) is 1.90. The van der Waals surface area contributed by atoms with Crippen molar-refractivity contribution >= 4 is 34.3 Å². The van der Waals surface area contributed by atoms with Crippen LogP contribution in [-0.2, 0) is 21.0 Å². The van der Waals surface area contributed by atoms with E-state index in [9.17, 15) is 9.59 Å². The van der Waals surface area contributed by atoms with Gasteiger partial charge in [0.15, 0.2) is 0 Å². The Morgan fingerprint density at radius 2 is 2.12 bits per heavy atom. The summed E-state index contributed by atoms with van der Waals surface area (Å²) in [6, 6.07) is 0. The Hall–Kier alpha value is -0.960. The fourth-order valence-electron chi connectivity index (χ4n) is 1.16. The minimum atomic E-state index is -0.872. The number of carbonyl (C=O) groups is 2. The van der Waals surface area contributed by atoms with Gasteiger partial charge < -0.3 is 14.0 Å². The summed E-state index contributed by atoms with van der Waals surface area (Å²) in [5.74, 6) is -1.57. The van der Waals surface area contributed by atoms with Crippen LogP contribution in [0, 0.1) is 3.70 Å². The molecule has 1 rings (SSSR count). The molecule has 0 spiro atoms. The predicted octanol–water partition coefficient (Wildman–Crippen LogP) is 1.23. The number of rotatable bonds is 6. The number of hydrogen-bond donors (Lipinski definition) is 0. The number of nitrogens with zero attached hydrogens (tertiary/aromatic N) is 2. The van der Waals surface area contributed by atoms with Crippen molar-refractivity contribution in [2.45, 2.75) is 20.6 Å². The Morgan fingerprint density at radius 3 is 2.71 bits per heavy atom. The van der Waals surface area contributed by atoms with E-state index >= 15 is 0 Å². The summed E-state index contributed by atoms with van der Waals surface area (Å²) in [7, 11) is 0. The van der Waals surface area contributed by atoms with Crippen LogP contribution in [0.3, 0.4) is 0 Å². The molecule has 94 valence electrons. The summed E-state index contributed by atoms with van der Waals surface area (Å²) in [5.41, 5.74) is 0.206. The van der Waals surface area contributed by atoms with Gasteiger partial charge in [-0.15, -0.1) is 0 Å². The Balaban J connectivity index is 2.91. The van der Waals surface area contributed by atoms with E-state index in [1.165, 1.54) is 10.9 Å². The molecule has 0 aliphatic heterocycles. The molecule has 0 atom stereocenters. The van der Waals surface area contributed by atoms with Gasteiger partial charge in [-0.05, 0) is 36.4 Å². The van der Waals surface area contributed by atoms with E-state index in [4.69, 9.17) is 4.74 Å². The summed E-state index contributed by atoms with van der Waals surface area (Å²) >= 11 is 1.89. The molecule has 0 saturated carbocycles. The second-order valence-electron chi connectivity index (χ2n) is 3.03.